The number of piperidine rings is 1. The average molecular weight is 299 g/mol. The highest BCUT2D eigenvalue weighted by molar-refractivity contribution is 6.07. The Morgan fingerprint density at radius 1 is 1.32 bits per heavy atom. The van der Waals surface area contributed by atoms with Gasteiger partial charge in [0.2, 0.25) is 0 Å². The van der Waals surface area contributed by atoms with Gasteiger partial charge in [0, 0.05) is 24.8 Å². The lowest BCUT2D eigenvalue weighted by molar-refractivity contribution is -0.126. The van der Waals surface area contributed by atoms with E-state index in [2.05, 4.69) is 20.6 Å². The number of rotatable bonds is 2. The van der Waals surface area contributed by atoms with Crippen LogP contribution in [0.15, 0.2) is 30.6 Å². The lowest BCUT2D eigenvalue weighted by Crippen LogP contribution is -2.58. The van der Waals surface area contributed by atoms with Crippen molar-refractivity contribution >= 4 is 17.5 Å². The average Bonchev–Trinajstić information content (AvgIpc) is 3.02. The van der Waals surface area contributed by atoms with Gasteiger partial charge in [0.25, 0.3) is 5.91 Å². The summed E-state index contributed by atoms with van der Waals surface area (Å²) in [6.07, 6.45) is 5.35. The van der Waals surface area contributed by atoms with Crippen LogP contribution in [0, 0.1) is 0 Å². The van der Waals surface area contributed by atoms with Crippen molar-refractivity contribution in [3.05, 3.63) is 36.2 Å². The van der Waals surface area contributed by atoms with Gasteiger partial charge in [-0.25, -0.2) is 9.31 Å². The largest absolute Gasteiger partial charge is 0.322 e. The van der Waals surface area contributed by atoms with E-state index in [0.717, 1.165) is 30.6 Å². The number of pyridine rings is 1. The van der Waals surface area contributed by atoms with E-state index in [1.165, 1.54) is 0 Å². The molecule has 22 heavy (non-hydrogen) atoms. The summed E-state index contributed by atoms with van der Waals surface area (Å²) < 4.78 is 1.85. The van der Waals surface area contributed by atoms with Gasteiger partial charge in [0.05, 0.1) is 11.7 Å². The number of aromatic nitrogens is 2. The molecule has 2 aliphatic heterocycles. The Labute approximate surface area is 127 Å². The Morgan fingerprint density at radius 3 is 3.05 bits per heavy atom. The number of fused-ring (bicyclic) bond motifs is 1. The van der Waals surface area contributed by atoms with Gasteiger partial charge in [-0.05, 0) is 31.5 Å². The van der Waals surface area contributed by atoms with Crippen molar-refractivity contribution in [2.75, 3.05) is 13.1 Å². The fourth-order valence-corrected chi connectivity index (χ4v) is 3.44. The molecular weight excluding hydrogens is 282 g/mol. The molecule has 7 nitrogen and oxygen atoms in total. The first-order chi connectivity index (χ1) is 10.7. The Kier molecular flexibility index (Phi) is 2.90. The lowest BCUT2D eigenvalue weighted by Gasteiger charge is -2.37. The molecule has 0 radical (unpaired) electrons. The molecule has 2 N–H and O–H groups in total. The molecule has 0 saturated carbocycles. The highest BCUT2D eigenvalue weighted by atomic mass is 16.2. The molecule has 0 unspecified atom stereocenters. The first kappa shape index (κ1) is 13.3. The first-order valence-electron chi connectivity index (χ1n) is 7.43. The SMILES string of the molecule is O=C1NC(=O)[C@]2(CCCN(Cc3cnn4ccccc34)C2)N1. The molecule has 7 heteroatoms. The van der Waals surface area contributed by atoms with E-state index in [-0.39, 0.29) is 11.9 Å². The summed E-state index contributed by atoms with van der Waals surface area (Å²) in [5.41, 5.74) is 1.43. The van der Waals surface area contributed by atoms with Crippen LogP contribution >= 0.6 is 0 Å². The molecule has 114 valence electrons. The van der Waals surface area contributed by atoms with Gasteiger partial charge in [-0.2, -0.15) is 5.10 Å². The highest BCUT2D eigenvalue weighted by Gasteiger charge is 2.48. The van der Waals surface area contributed by atoms with E-state index in [0.29, 0.717) is 13.0 Å². The van der Waals surface area contributed by atoms with Crippen molar-refractivity contribution in [3.63, 3.8) is 0 Å². The quantitative estimate of drug-likeness (QED) is 0.792. The van der Waals surface area contributed by atoms with Crippen molar-refractivity contribution in [1.82, 2.24) is 25.1 Å². The molecule has 2 saturated heterocycles. The van der Waals surface area contributed by atoms with Crippen LogP contribution in [-0.4, -0.2) is 45.1 Å². The zero-order valence-corrected chi connectivity index (χ0v) is 12.1. The zero-order chi connectivity index (χ0) is 15.2. The number of urea groups is 1. The second-order valence-corrected chi connectivity index (χ2v) is 6.00. The topological polar surface area (TPSA) is 78.7 Å². The minimum Gasteiger partial charge on any atom is -0.322 e. The Balaban J connectivity index is 1.56. The van der Waals surface area contributed by atoms with Gasteiger partial charge in [0.1, 0.15) is 5.54 Å². The maximum Gasteiger partial charge on any atom is 0.322 e. The number of amides is 3. The second kappa shape index (κ2) is 4.81. The van der Waals surface area contributed by atoms with E-state index < -0.39 is 5.54 Å². The van der Waals surface area contributed by atoms with Gasteiger partial charge in [-0.15, -0.1) is 0 Å². The number of carbonyl (C=O) groups is 2. The molecule has 2 fully saturated rings. The fraction of sp³-hybridized carbons (Fsp3) is 0.400. The number of imide groups is 1. The maximum absolute atomic E-state index is 12.1. The predicted molar refractivity (Wildman–Crippen MR) is 79.1 cm³/mol. The smallest absolute Gasteiger partial charge is 0.322 e. The number of likely N-dealkylation sites (tertiary alicyclic amines) is 1. The zero-order valence-electron chi connectivity index (χ0n) is 12.1. The predicted octanol–water partition coefficient (Wildman–Crippen LogP) is 0.508. The van der Waals surface area contributed by atoms with Gasteiger partial charge >= 0.3 is 6.03 Å². The van der Waals surface area contributed by atoms with Crippen LogP contribution in [-0.2, 0) is 11.3 Å². The van der Waals surface area contributed by atoms with Crippen molar-refractivity contribution in [2.24, 2.45) is 0 Å². The molecule has 2 aliphatic rings. The van der Waals surface area contributed by atoms with Gasteiger partial charge in [-0.1, -0.05) is 6.07 Å². The van der Waals surface area contributed by atoms with Crippen molar-refractivity contribution in [3.8, 4) is 0 Å². The summed E-state index contributed by atoms with van der Waals surface area (Å²) in [4.78, 5) is 25.7. The minimum atomic E-state index is -0.766. The Morgan fingerprint density at radius 2 is 2.23 bits per heavy atom. The molecule has 4 heterocycles. The van der Waals surface area contributed by atoms with E-state index in [4.69, 9.17) is 0 Å². The van der Waals surface area contributed by atoms with Crippen LogP contribution in [0.5, 0.6) is 0 Å². The van der Waals surface area contributed by atoms with Crippen LogP contribution < -0.4 is 10.6 Å². The molecule has 1 spiro atoms. The summed E-state index contributed by atoms with van der Waals surface area (Å²) >= 11 is 0. The molecule has 0 aliphatic carbocycles. The third kappa shape index (κ3) is 2.05. The van der Waals surface area contributed by atoms with Gasteiger partial charge in [0.15, 0.2) is 0 Å². The monoisotopic (exact) mass is 299 g/mol. The molecule has 1 atom stereocenters. The van der Waals surface area contributed by atoms with Crippen molar-refractivity contribution in [2.45, 2.75) is 24.9 Å². The van der Waals surface area contributed by atoms with Crippen LogP contribution in [0.4, 0.5) is 4.79 Å². The van der Waals surface area contributed by atoms with Crippen LogP contribution in [0.25, 0.3) is 5.52 Å². The van der Waals surface area contributed by atoms with Crippen LogP contribution in [0.3, 0.4) is 0 Å². The maximum atomic E-state index is 12.1. The highest BCUT2D eigenvalue weighted by Crippen LogP contribution is 2.26. The van der Waals surface area contributed by atoms with Gasteiger partial charge in [-0.3, -0.25) is 15.0 Å². The Hall–Kier alpha value is -2.41. The number of nitrogens with zero attached hydrogens (tertiary/aromatic N) is 3. The summed E-state index contributed by atoms with van der Waals surface area (Å²) in [6.45, 7) is 2.17. The van der Waals surface area contributed by atoms with E-state index >= 15 is 0 Å². The molecular formula is C15H17N5O2. The third-order valence-electron chi connectivity index (χ3n) is 4.49. The molecule has 0 aromatic carbocycles. The standard InChI is InChI=1S/C15H17N5O2/c21-13-15(18-14(22)17-13)5-3-6-19(10-15)9-11-8-16-20-7-2-1-4-12(11)20/h1-2,4,7-8H,3,5-6,9-10H2,(H2,17,18,21,22)/t15-/m1/s1. The van der Waals surface area contributed by atoms with Crippen molar-refractivity contribution in [1.29, 1.82) is 0 Å². The second-order valence-electron chi connectivity index (χ2n) is 6.00. The normalized spacial score (nSPS) is 25.6. The molecule has 4 rings (SSSR count). The lowest BCUT2D eigenvalue weighted by atomic mass is 9.89. The molecule has 2 aromatic heterocycles. The minimum absolute atomic E-state index is 0.206. The summed E-state index contributed by atoms with van der Waals surface area (Å²) in [7, 11) is 0. The molecule has 2 aromatic rings. The molecule has 0 bridgehead atoms. The summed E-state index contributed by atoms with van der Waals surface area (Å²) in [5, 5.41) is 9.50. The molecule has 3 amide bonds. The van der Waals surface area contributed by atoms with E-state index in [9.17, 15) is 9.59 Å². The van der Waals surface area contributed by atoms with Crippen molar-refractivity contribution < 1.29 is 9.59 Å². The number of hydrogen-bond donors (Lipinski definition) is 2. The van der Waals surface area contributed by atoms with Gasteiger partial charge < -0.3 is 5.32 Å². The first-order valence-corrected chi connectivity index (χ1v) is 7.43. The van der Waals surface area contributed by atoms with E-state index in [1.807, 2.05) is 35.1 Å². The van der Waals surface area contributed by atoms with Crippen LogP contribution in [0.1, 0.15) is 18.4 Å². The van der Waals surface area contributed by atoms with E-state index in [1.54, 1.807) is 0 Å². The number of hydrogen-bond acceptors (Lipinski definition) is 4. The summed E-state index contributed by atoms with van der Waals surface area (Å²) in [5.74, 6) is -0.206. The van der Waals surface area contributed by atoms with Crippen LogP contribution in [0.2, 0.25) is 0 Å². The summed E-state index contributed by atoms with van der Waals surface area (Å²) in [6, 6.07) is 5.58. The number of nitrogens with one attached hydrogen (secondary N) is 2. The third-order valence-corrected chi connectivity index (χ3v) is 4.49. The Bertz CT molecular complexity index is 755. The number of carbonyl (C=O) groups excluding carboxylic acids is 2. The fourth-order valence-electron chi connectivity index (χ4n) is 3.44.